The van der Waals surface area contributed by atoms with Gasteiger partial charge < -0.3 is 9.64 Å². The van der Waals surface area contributed by atoms with Crippen LogP contribution in [0.1, 0.15) is 5.56 Å². The molecule has 0 radical (unpaired) electrons. The standard InChI is InChI=1S/C17H17F3N6O/c18-17(19,20)27-14-3-1-13(2-4-14)11-24-7-9-25(10-8-24)15-16-23-22-12-26(16)6-5-21-15/h1-6,12H,7-11H2. The molecule has 1 aromatic carbocycles. The highest BCUT2D eigenvalue weighted by atomic mass is 19.4. The van der Waals surface area contributed by atoms with E-state index in [1.807, 2.05) is 4.40 Å². The normalized spacial score (nSPS) is 16.0. The molecule has 1 aliphatic rings. The van der Waals surface area contributed by atoms with E-state index in [9.17, 15) is 13.2 Å². The van der Waals surface area contributed by atoms with Gasteiger partial charge in [0.2, 0.25) is 5.65 Å². The van der Waals surface area contributed by atoms with Crippen LogP contribution in [0.15, 0.2) is 43.0 Å². The van der Waals surface area contributed by atoms with Crippen LogP contribution in [0.3, 0.4) is 0 Å². The summed E-state index contributed by atoms with van der Waals surface area (Å²) in [7, 11) is 0. The molecule has 0 saturated carbocycles. The van der Waals surface area contributed by atoms with Gasteiger partial charge in [0.1, 0.15) is 12.1 Å². The minimum atomic E-state index is -4.67. The fourth-order valence-corrected chi connectivity index (χ4v) is 3.14. The van der Waals surface area contributed by atoms with Gasteiger partial charge in [-0.3, -0.25) is 9.30 Å². The number of fused-ring (bicyclic) bond motifs is 1. The second kappa shape index (κ2) is 7.03. The van der Waals surface area contributed by atoms with Crippen molar-refractivity contribution in [2.45, 2.75) is 12.9 Å². The van der Waals surface area contributed by atoms with Gasteiger partial charge in [-0.05, 0) is 17.7 Å². The molecule has 1 fully saturated rings. The maximum absolute atomic E-state index is 12.2. The molecule has 10 heteroatoms. The van der Waals surface area contributed by atoms with Crippen molar-refractivity contribution >= 4 is 11.5 Å². The Balaban J connectivity index is 1.35. The van der Waals surface area contributed by atoms with E-state index < -0.39 is 6.36 Å². The lowest BCUT2D eigenvalue weighted by Gasteiger charge is -2.35. The van der Waals surface area contributed by atoms with Gasteiger partial charge in [-0.1, -0.05) is 12.1 Å². The zero-order valence-corrected chi connectivity index (χ0v) is 14.3. The second-order valence-electron chi connectivity index (χ2n) is 6.27. The predicted molar refractivity (Wildman–Crippen MR) is 91.4 cm³/mol. The SMILES string of the molecule is FC(F)(F)Oc1ccc(CN2CCN(c3nccn4cnnc34)CC2)cc1. The van der Waals surface area contributed by atoms with E-state index in [1.54, 1.807) is 30.9 Å². The highest BCUT2D eigenvalue weighted by Crippen LogP contribution is 2.23. The van der Waals surface area contributed by atoms with E-state index in [2.05, 4.69) is 29.7 Å². The number of halogens is 3. The molecule has 3 aromatic rings. The van der Waals surface area contributed by atoms with Crippen LogP contribution in [0.25, 0.3) is 5.65 Å². The molecule has 0 bridgehead atoms. The summed E-state index contributed by atoms with van der Waals surface area (Å²) in [5, 5.41) is 8.03. The average Bonchev–Trinajstić information content (AvgIpc) is 3.12. The smallest absolute Gasteiger partial charge is 0.406 e. The molecular weight excluding hydrogens is 361 g/mol. The Hall–Kier alpha value is -2.88. The molecule has 0 amide bonds. The van der Waals surface area contributed by atoms with Gasteiger partial charge in [0, 0.05) is 45.1 Å². The number of anilines is 1. The van der Waals surface area contributed by atoms with Gasteiger partial charge in [0.15, 0.2) is 5.82 Å². The van der Waals surface area contributed by atoms with Crippen molar-refractivity contribution in [2.24, 2.45) is 0 Å². The van der Waals surface area contributed by atoms with Crippen LogP contribution in [-0.2, 0) is 6.54 Å². The van der Waals surface area contributed by atoms with Crippen molar-refractivity contribution < 1.29 is 17.9 Å². The maximum atomic E-state index is 12.2. The molecule has 0 spiro atoms. The molecule has 7 nitrogen and oxygen atoms in total. The van der Waals surface area contributed by atoms with Crippen LogP contribution < -0.4 is 9.64 Å². The molecule has 0 unspecified atom stereocenters. The van der Waals surface area contributed by atoms with Crippen molar-refractivity contribution in [1.82, 2.24) is 24.5 Å². The molecule has 0 aliphatic carbocycles. The molecular formula is C17H17F3N6O. The van der Waals surface area contributed by atoms with Crippen LogP contribution in [0, 0.1) is 0 Å². The Morgan fingerprint density at radius 2 is 1.78 bits per heavy atom. The molecule has 1 aliphatic heterocycles. The van der Waals surface area contributed by atoms with Crippen LogP contribution in [0.5, 0.6) is 5.75 Å². The number of benzene rings is 1. The highest BCUT2D eigenvalue weighted by molar-refractivity contribution is 5.63. The van der Waals surface area contributed by atoms with E-state index in [0.29, 0.717) is 6.54 Å². The number of piperazine rings is 1. The average molecular weight is 378 g/mol. The number of hydrogen-bond acceptors (Lipinski definition) is 6. The number of aromatic nitrogens is 4. The number of alkyl halides is 3. The summed E-state index contributed by atoms with van der Waals surface area (Å²) < 4.78 is 42.4. The minimum absolute atomic E-state index is 0.205. The zero-order valence-electron chi connectivity index (χ0n) is 14.3. The second-order valence-corrected chi connectivity index (χ2v) is 6.27. The third-order valence-electron chi connectivity index (χ3n) is 4.43. The lowest BCUT2D eigenvalue weighted by molar-refractivity contribution is -0.274. The quantitative estimate of drug-likeness (QED) is 0.695. The first kappa shape index (κ1) is 17.5. The Morgan fingerprint density at radius 1 is 1.04 bits per heavy atom. The third kappa shape index (κ3) is 4.11. The molecule has 1 saturated heterocycles. The summed E-state index contributed by atoms with van der Waals surface area (Å²) in [5.41, 5.74) is 1.67. The topological polar surface area (TPSA) is 58.8 Å². The Morgan fingerprint density at radius 3 is 2.48 bits per heavy atom. The summed E-state index contributed by atoms with van der Waals surface area (Å²) in [6.45, 7) is 3.88. The molecule has 0 atom stereocenters. The molecule has 0 N–H and O–H groups in total. The summed E-state index contributed by atoms with van der Waals surface area (Å²) >= 11 is 0. The van der Waals surface area contributed by atoms with Gasteiger partial charge in [-0.25, -0.2) is 4.98 Å². The van der Waals surface area contributed by atoms with E-state index in [1.165, 1.54) is 12.1 Å². The fraction of sp³-hybridized carbons (Fsp3) is 0.353. The zero-order chi connectivity index (χ0) is 18.9. The Kier molecular flexibility index (Phi) is 4.56. The lowest BCUT2D eigenvalue weighted by atomic mass is 10.2. The highest BCUT2D eigenvalue weighted by Gasteiger charge is 2.31. The van der Waals surface area contributed by atoms with Gasteiger partial charge in [-0.15, -0.1) is 23.4 Å². The third-order valence-corrected chi connectivity index (χ3v) is 4.43. The van der Waals surface area contributed by atoms with Crippen molar-refractivity contribution in [3.63, 3.8) is 0 Å². The van der Waals surface area contributed by atoms with Crippen LogP contribution >= 0.6 is 0 Å². The van der Waals surface area contributed by atoms with Crippen LogP contribution in [0.4, 0.5) is 19.0 Å². The fourth-order valence-electron chi connectivity index (χ4n) is 3.14. The van der Waals surface area contributed by atoms with E-state index >= 15 is 0 Å². The first-order valence-corrected chi connectivity index (χ1v) is 8.44. The molecule has 4 rings (SSSR count). The summed E-state index contributed by atoms with van der Waals surface area (Å²) in [5.74, 6) is 0.604. The molecule has 142 valence electrons. The van der Waals surface area contributed by atoms with E-state index in [-0.39, 0.29) is 5.75 Å². The first-order valence-electron chi connectivity index (χ1n) is 8.44. The van der Waals surface area contributed by atoms with Gasteiger partial charge >= 0.3 is 6.36 Å². The number of hydrogen-bond donors (Lipinski definition) is 0. The van der Waals surface area contributed by atoms with Gasteiger partial charge in [-0.2, -0.15) is 0 Å². The van der Waals surface area contributed by atoms with E-state index in [0.717, 1.165) is 43.2 Å². The van der Waals surface area contributed by atoms with Gasteiger partial charge in [0.25, 0.3) is 0 Å². The first-order chi connectivity index (χ1) is 13.0. The monoisotopic (exact) mass is 378 g/mol. The lowest BCUT2D eigenvalue weighted by Crippen LogP contribution is -2.46. The molecule has 27 heavy (non-hydrogen) atoms. The number of ether oxygens (including phenoxy) is 1. The predicted octanol–water partition coefficient (Wildman–Crippen LogP) is 2.35. The number of rotatable bonds is 4. The summed E-state index contributed by atoms with van der Waals surface area (Å²) in [6, 6.07) is 6.00. The molecule has 2 aromatic heterocycles. The summed E-state index contributed by atoms with van der Waals surface area (Å²) in [6.07, 6.45) is 0.506. The van der Waals surface area contributed by atoms with Crippen molar-refractivity contribution in [1.29, 1.82) is 0 Å². The summed E-state index contributed by atoms with van der Waals surface area (Å²) in [4.78, 5) is 8.85. The van der Waals surface area contributed by atoms with Crippen molar-refractivity contribution in [3.8, 4) is 5.75 Å². The van der Waals surface area contributed by atoms with E-state index in [4.69, 9.17) is 0 Å². The maximum Gasteiger partial charge on any atom is 0.573 e. The Bertz CT molecular complexity index is 903. The molecule has 3 heterocycles. The van der Waals surface area contributed by atoms with Crippen molar-refractivity contribution in [2.75, 3.05) is 31.1 Å². The number of nitrogens with zero attached hydrogens (tertiary/aromatic N) is 6. The van der Waals surface area contributed by atoms with Crippen LogP contribution in [0.2, 0.25) is 0 Å². The minimum Gasteiger partial charge on any atom is -0.406 e. The van der Waals surface area contributed by atoms with Crippen molar-refractivity contribution in [3.05, 3.63) is 48.5 Å². The van der Waals surface area contributed by atoms with Gasteiger partial charge in [0.05, 0.1) is 0 Å². The Labute approximate surface area is 153 Å². The van der Waals surface area contributed by atoms with Crippen LogP contribution in [-0.4, -0.2) is 57.0 Å². The largest absolute Gasteiger partial charge is 0.573 e.